The first-order valence-electron chi connectivity index (χ1n) is 6.31. The van der Waals surface area contributed by atoms with Crippen LogP contribution in [0.15, 0.2) is 42.5 Å². The van der Waals surface area contributed by atoms with Crippen LogP contribution < -0.4 is 4.74 Å². The summed E-state index contributed by atoms with van der Waals surface area (Å²) in [5, 5.41) is 0. The van der Waals surface area contributed by atoms with Crippen molar-refractivity contribution >= 4 is 34.5 Å². The molecule has 0 atom stereocenters. The first kappa shape index (κ1) is 12.7. The molecule has 19 heavy (non-hydrogen) atoms. The zero-order valence-corrected chi connectivity index (χ0v) is 12.9. The Kier molecular flexibility index (Phi) is 3.55. The monoisotopic (exact) mass is 364 g/mol. The summed E-state index contributed by atoms with van der Waals surface area (Å²) in [5.41, 5.74) is 3.81. The lowest BCUT2D eigenvalue weighted by Crippen LogP contribution is -2.19. The number of fused-ring (bicyclic) bond motifs is 1. The first-order chi connectivity index (χ1) is 9.28. The van der Waals surface area contributed by atoms with Gasteiger partial charge in [0.1, 0.15) is 5.75 Å². The van der Waals surface area contributed by atoms with Crippen molar-refractivity contribution in [3.05, 3.63) is 57.2 Å². The largest absolute Gasteiger partial charge is 0.496 e. The van der Waals surface area contributed by atoms with Gasteiger partial charge in [0.2, 0.25) is 5.69 Å². The highest BCUT2D eigenvalue weighted by Crippen LogP contribution is 2.25. The van der Waals surface area contributed by atoms with E-state index in [0.29, 0.717) is 0 Å². The minimum atomic E-state index is 0.952. The molecule has 2 nitrogen and oxygen atoms in total. The minimum absolute atomic E-state index is 0.952. The number of hydrogen-bond donors (Lipinski definition) is 0. The van der Waals surface area contributed by atoms with Gasteiger partial charge in [0, 0.05) is 22.1 Å². The van der Waals surface area contributed by atoms with Crippen molar-refractivity contribution in [3.63, 3.8) is 0 Å². The molecule has 0 amide bonds. The lowest BCUT2D eigenvalue weighted by Gasteiger charge is -2.14. The van der Waals surface area contributed by atoms with Crippen LogP contribution in [0.5, 0.6) is 5.75 Å². The molecule has 0 radical (unpaired) electrons. The van der Waals surface area contributed by atoms with Crippen molar-refractivity contribution in [1.82, 2.24) is 0 Å². The fraction of sp³-hybridized carbons (Fsp3) is 0.188. The van der Waals surface area contributed by atoms with Crippen molar-refractivity contribution in [2.24, 2.45) is 0 Å². The van der Waals surface area contributed by atoms with Crippen LogP contribution in [0.3, 0.4) is 0 Å². The number of halogens is 1. The standard InChI is InChI=1S/C16H15INO/c1-19-16-7-2-4-12-8-9-18(11-15(12)16)14-6-3-5-13(17)10-14/h2-7,10-11H,8-9H2,1H3/q+1. The fourth-order valence-electron chi connectivity index (χ4n) is 2.45. The predicted octanol–water partition coefficient (Wildman–Crippen LogP) is 3.62. The SMILES string of the molecule is COc1cccc2c1C=[N+](c1cccc(I)c1)CC2. The smallest absolute Gasteiger partial charge is 0.206 e. The minimum Gasteiger partial charge on any atom is -0.496 e. The van der Waals surface area contributed by atoms with Crippen molar-refractivity contribution in [2.75, 3.05) is 13.7 Å². The van der Waals surface area contributed by atoms with Crippen LogP contribution >= 0.6 is 22.6 Å². The van der Waals surface area contributed by atoms with Gasteiger partial charge in [-0.05, 0) is 40.3 Å². The molecule has 0 aromatic heterocycles. The van der Waals surface area contributed by atoms with Crippen LogP contribution in [-0.2, 0) is 6.42 Å². The van der Waals surface area contributed by atoms with Crippen LogP contribution in [0.4, 0.5) is 5.69 Å². The van der Waals surface area contributed by atoms with Gasteiger partial charge in [-0.2, -0.15) is 4.58 Å². The number of rotatable bonds is 2. The van der Waals surface area contributed by atoms with Crippen molar-refractivity contribution in [3.8, 4) is 5.75 Å². The molecule has 2 aromatic carbocycles. The molecule has 0 fully saturated rings. The zero-order valence-electron chi connectivity index (χ0n) is 10.8. The summed E-state index contributed by atoms with van der Waals surface area (Å²) in [6.07, 6.45) is 3.25. The Balaban J connectivity index is 2.08. The van der Waals surface area contributed by atoms with Crippen LogP contribution in [0.2, 0.25) is 0 Å². The summed E-state index contributed by atoms with van der Waals surface area (Å²) in [6, 6.07) is 14.8. The number of hydrogen-bond acceptors (Lipinski definition) is 1. The molecule has 96 valence electrons. The lowest BCUT2D eigenvalue weighted by molar-refractivity contribution is -0.436. The van der Waals surface area contributed by atoms with Crippen LogP contribution in [-0.4, -0.2) is 24.4 Å². The third-order valence-corrected chi connectivity index (χ3v) is 4.09. The van der Waals surface area contributed by atoms with Crippen molar-refractivity contribution < 1.29 is 9.31 Å². The molecule has 0 saturated heterocycles. The number of ether oxygens (including phenoxy) is 1. The number of methoxy groups -OCH3 is 1. The Morgan fingerprint density at radius 3 is 2.79 bits per heavy atom. The van der Waals surface area contributed by atoms with E-state index in [1.165, 1.54) is 20.4 Å². The van der Waals surface area contributed by atoms with E-state index in [1.807, 2.05) is 6.07 Å². The second-order valence-corrected chi connectivity index (χ2v) is 5.83. The van der Waals surface area contributed by atoms with Gasteiger partial charge in [-0.15, -0.1) is 0 Å². The molecule has 1 heterocycles. The van der Waals surface area contributed by atoms with Gasteiger partial charge in [-0.1, -0.05) is 18.2 Å². The van der Waals surface area contributed by atoms with Crippen LogP contribution in [0.25, 0.3) is 0 Å². The maximum atomic E-state index is 5.46. The Bertz CT molecular complexity index is 649. The van der Waals surface area contributed by atoms with Crippen molar-refractivity contribution in [1.29, 1.82) is 0 Å². The maximum absolute atomic E-state index is 5.46. The highest BCUT2D eigenvalue weighted by molar-refractivity contribution is 14.1. The molecule has 0 spiro atoms. The van der Waals surface area contributed by atoms with E-state index in [-0.39, 0.29) is 0 Å². The zero-order chi connectivity index (χ0) is 13.2. The second kappa shape index (κ2) is 5.33. The third kappa shape index (κ3) is 2.52. The predicted molar refractivity (Wildman–Crippen MR) is 85.8 cm³/mol. The summed E-state index contributed by atoms with van der Waals surface area (Å²) < 4.78 is 9.02. The van der Waals surface area contributed by atoms with E-state index < -0.39 is 0 Å². The third-order valence-electron chi connectivity index (χ3n) is 3.42. The van der Waals surface area contributed by atoms with E-state index in [2.05, 4.69) is 69.8 Å². The topological polar surface area (TPSA) is 12.2 Å². The second-order valence-electron chi connectivity index (χ2n) is 4.59. The van der Waals surface area contributed by atoms with E-state index in [9.17, 15) is 0 Å². The Labute approximate surface area is 126 Å². The van der Waals surface area contributed by atoms with Gasteiger partial charge >= 0.3 is 0 Å². The quantitative estimate of drug-likeness (QED) is 0.586. The number of nitrogens with zero attached hydrogens (tertiary/aromatic N) is 1. The van der Waals surface area contributed by atoms with Gasteiger partial charge in [-0.3, -0.25) is 0 Å². The van der Waals surface area contributed by atoms with E-state index in [0.717, 1.165) is 18.7 Å². The van der Waals surface area contributed by atoms with Gasteiger partial charge < -0.3 is 4.74 Å². The molecule has 0 unspecified atom stereocenters. The van der Waals surface area contributed by atoms with Gasteiger partial charge in [0.15, 0.2) is 12.8 Å². The summed E-state index contributed by atoms with van der Waals surface area (Å²) in [5.74, 6) is 0.952. The maximum Gasteiger partial charge on any atom is 0.206 e. The van der Waals surface area contributed by atoms with Gasteiger partial charge in [-0.25, -0.2) is 0 Å². The molecule has 3 rings (SSSR count). The Hall–Kier alpha value is -1.36. The molecule has 1 aliphatic heterocycles. The van der Waals surface area contributed by atoms with Gasteiger partial charge in [0.05, 0.1) is 12.7 Å². The average Bonchev–Trinajstić information content (AvgIpc) is 2.46. The molecule has 2 aromatic rings. The fourth-order valence-corrected chi connectivity index (χ4v) is 2.98. The molecule has 0 saturated carbocycles. The first-order valence-corrected chi connectivity index (χ1v) is 7.39. The summed E-state index contributed by atoms with van der Waals surface area (Å²) in [4.78, 5) is 0. The summed E-state index contributed by atoms with van der Waals surface area (Å²) in [7, 11) is 1.73. The van der Waals surface area contributed by atoms with Gasteiger partial charge in [0.25, 0.3) is 0 Å². The average molecular weight is 364 g/mol. The molecule has 3 heteroatoms. The lowest BCUT2D eigenvalue weighted by atomic mass is 10.0. The summed E-state index contributed by atoms with van der Waals surface area (Å²) >= 11 is 2.35. The number of benzene rings is 2. The summed E-state index contributed by atoms with van der Waals surface area (Å²) in [6.45, 7) is 1.01. The Morgan fingerprint density at radius 1 is 1.16 bits per heavy atom. The van der Waals surface area contributed by atoms with E-state index in [1.54, 1.807) is 7.11 Å². The van der Waals surface area contributed by atoms with Crippen LogP contribution in [0, 0.1) is 3.57 Å². The van der Waals surface area contributed by atoms with E-state index in [4.69, 9.17) is 4.74 Å². The van der Waals surface area contributed by atoms with Crippen molar-refractivity contribution in [2.45, 2.75) is 6.42 Å². The highest BCUT2D eigenvalue weighted by Gasteiger charge is 2.20. The van der Waals surface area contributed by atoms with E-state index >= 15 is 0 Å². The highest BCUT2D eigenvalue weighted by atomic mass is 127. The molecule has 0 bridgehead atoms. The molecule has 0 aliphatic carbocycles. The molecular formula is C16H15INO+. The normalized spacial score (nSPS) is 13.7. The molecule has 1 aliphatic rings. The Morgan fingerprint density at radius 2 is 2.00 bits per heavy atom. The molecular weight excluding hydrogens is 349 g/mol. The molecule has 0 N–H and O–H groups in total. The van der Waals surface area contributed by atoms with Crippen LogP contribution in [0.1, 0.15) is 11.1 Å².